The second kappa shape index (κ2) is 7.21. The summed E-state index contributed by atoms with van der Waals surface area (Å²) in [5.74, 6) is -3.15. The monoisotopic (exact) mass is 384 g/mol. The minimum absolute atomic E-state index is 0.0519. The number of carbonyl (C=O) groups is 3. The first-order valence-electron chi connectivity index (χ1n) is 8.65. The molecule has 9 heteroatoms. The summed E-state index contributed by atoms with van der Waals surface area (Å²) in [6, 6.07) is 3.76. The fourth-order valence-corrected chi connectivity index (χ4v) is 3.32. The molecule has 6 nitrogen and oxygen atoms in total. The maximum absolute atomic E-state index is 13.0. The van der Waals surface area contributed by atoms with Crippen LogP contribution < -0.4 is 5.32 Å². The van der Waals surface area contributed by atoms with Crippen molar-refractivity contribution in [3.05, 3.63) is 35.4 Å². The highest BCUT2D eigenvalue weighted by atomic mass is 19.4. The minimum atomic E-state index is -4.53. The third-order valence-corrected chi connectivity index (χ3v) is 4.95. The molecule has 0 bridgehead atoms. The molecule has 2 N–H and O–H groups in total. The zero-order valence-electron chi connectivity index (χ0n) is 14.3. The first kappa shape index (κ1) is 19.2. The van der Waals surface area contributed by atoms with Gasteiger partial charge in [-0.2, -0.15) is 13.2 Å². The first-order chi connectivity index (χ1) is 12.7. The number of alkyl halides is 3. The van der Waals surface area contributed by atoms with Crippen LogP contribution in [0.1, 0.15) is 36.4 Å². The Morgan fingerprint density at radius 3 is 2.59 bits per heavy atom. The molecule has 3 atom stereocenters. The molecule has 3 rings (SSSR count). The Hall–Kier alpha value is -2.58. The van der Waals surface area contributed by atoms with Crippen LogP contribution in [0.2, 0.25) is 0 Å². The van der Waals surface area contributed by atoms with E-state index in [9.17, 15) is 27.6 Å². The number of rotatable bonds is 6. The lowest BCUT2D eigenvalue weighted by Gasteiger charge is -2.26. The second-order valence-corrected chi connectivity index (χ2v) is 6.91. The third-order valence-electron chi connectivity index (χ3n) is 4.95. The molecule has 146 valence electrons. The zero-order chi connectivity index (χ0) is 19.8. The fourth-order valence-electron chi connectivity index (χ4n) is 3.32. The molecule has 0 unspecified atom stereocenters. The Kier molecular flexibility index (Phi) is 5.12. The van der Waals surface area contributed by atoms with E-state index in [4.69, 9.17) is 5.11 Å². The van der Waals surface area contributed by atoms with E-state index in [0.29, 0.717) is 19.4 Å². The molecule has 1 saturated heterocycles. The number of likely N-dealkylation sites (tertiary alicyclic amines) is 1. The van der Waals surface area contributed by atoms with Crippen LogP contribution in [0.15, 0.2) is 24.3 Å². The molecule has 2 fully saturated rings. The van der Waals surface area contributed by atoms with Gasteiger partial charge in [0.25, 0.3) is 0 Å². The summed E-state index contributed by atoms with van der Waals surface area (Å²) in [6.45, 7) is 0.529. The number of carboxylic acids is 1. The van der Waals surface area contributed by atoms with Gasteiger partial charge in [-0.25, -0.2) is 0 Å². The Bertz CT molecular complexity index is 765. The summed E-state index contributed by atoms with van der Waals surface area (Å²) in [4.78, 5) is 36.7. The average Bonchev–Trinajstić information content (AvgIpc) is 3.32. The molecule has 1 aromatic rings. The molecule has 1 heterocycles. The number of nitrogens with zero attached hydrogens (tertiary/aromatic N) is 1. The SMILES string of the molecule is O=C(N[C@@H](CN1CCCC1=O)c1cccc(C(F)(F)F)c1)[C@H]1C[C@H]1C(=O)O. The van der Waals surface area contributed by atoms with Crippen molar-refractivity contribution in [1.82, 2.24) is 10.2 Å². The van der Waals surface area contributed by atoms with Crippen LogP contribution in [-0.4, -0.2) is 40.9 Å². The van der Waals surface area contributed by atoms with Gasteiger partial charge in [0.1, 0.15) is 0 Å². The Morgan fingerprint density at radius 1 is 1.30 bits per heavy atom. The van der Waals surface area contributed by atoms with Gasteiger partial charge in [-0.05, 0) is 30.5 Å². The summed E-state index contributed by atoms with van der Waals surface area (Å²) in [7, 11) is 0. The van der Waals surface area contributed by atoms with Crippen molar-refractivity contribution in [3.8, 4) is 0 Å². The highest BCUT2D eigenvalue weighted by Gasteiger charge is 2.48. The standard InChI is InChI=1S/C18H19F3N2O4/c19-18(20,21)11-4-1-3-10(7-11)14(9-23-6-2-5-15(23)24)22-16(25)12-8-13(12)17(26)27/h1,3-4,7,12-14H,2,5-6,8-9H2,(H,22,25)(H,26,27)/t12-,13+,14-/m0/s1. The van der Waals surface area contributed by atoms with Crippen molar-refractivity contribution in [2.24, 2.45) is 11.8 Å². The van der Waals surface area contributed by atoms with Gasteiger partial charge >= 0.3 is 12.1 Å². The number of amides is 2. The van der Waals surface area contributed by atoms with Crippen LogP contribution in [0, 0.1) is 11.8 Å². The van der Waals surface area contributed by atoms with E-state index in [2.05, 4.69) is 5.32 Å². The Balaban J connectivity index is 1.80. The fraction of sp³-hybridized carbons (Fsp3) is 0.500. The molecule has 27 heavy (non-hydrogen) atoms. The zero-order valence-corrected chi connectivity index (χ0v) is 14.3. The summed E-state index contributed by atoms with van der Waals surface area (Å²) in [5, 5.41) is 11.6. The maximum Gasteiger partial charge on any atom is 0.416 e. The van der Waals surface area contributed by atoms with Crippen LogP contribution in [0.3, 0.4) is 0 Å². The van der Waals surface area contributed by atoms with Crippen molar-refractivity contribution in [2.75, 3.05) is 13.1 Å². The topological polar surface area (TPSA) is 86.7 Å². The lowest BCUT2D eigenvalue weighted by atomic mass is 10.0. The molecule has 1 saturated carbocycles. The Labute approximate surface area is 153 Å². The van der Waals surface area contributed by atoms with E-state index in [1.165, 1.54) is 17.0 Å². The van der Waals surface area contributed by atoms with Crippen molar-refractivity contribution in [2.45, 2.75) is 31.5 Å². The van der Waals surface area contributed by atoms with Crippen LogP contribution in [-0.2, 0) is 20.6 Å². The van der Waals surface area contributed by atoms with Crippen LogP contribution in [0.25, 0.3) is 0 Å². The minimum Gasteiger partial charge on any atom is -0.481 e. The number of aliphatic carboxylic acids is 1. The smallest absolute Gasteiger partial charge is 0.416 e. The first-order valence-corrected chi connectivity index (χ1v) is 8.65. The molecule has 0 radical (unpaired) electrons. The van der Waals surface area contributed by atoms with Gasteiger partial charge in [-0.1, -0.05) is 12.1 Å². The van der Waals surface area contributed by atoms with Crippen molar-refractivity contribution < 1.29 is 32.7 Å². The van der Waals surface area contributed by atoms with Crippen molar-refractivity contribution >= 4 is 17.8 Å². The van der Waals surface area contributed by atoms with Gasteiger partial charge in [-0.3, -0.25) is 14.4 Å². The number of benzene rings is 1. The molecule has 2 aliphatic rings. The summed E-state index contributed by atoms with van der Waals surface area (Å²) in [5.41, 5.74) is -0.618. The van der Waals surface area contributed by atoms with Gasteiger partial charge in [-0.15, -0.1) is 0 Å². The third kappa shape index (κ3) is 4.40. The van der Waals surface area contributed by atoms with E-state index in [1.54, 1.807) is 0 Å². The molecule has 0 spiro atoms. The van der Waals surface area contributed by atoms with E-state index in [1.807, 2.05) is 0 Å². The van der Waals surface area contributed by atoms with E-state index in [0.717, 1.165) is 12.1 Å². The van der Waals surface area contributed by atoms with Gasteiger partial charge in [0.05, 0.1) is 23.4 Å². The predicted molar refractivity (Wildman–Crippen MR) is 87.4 cm³/mol. The molecule has 1 aromatic carbocycles. The molecular formula is C18H19F3N2O4. The van der Waals surface area contributed by atoms with E-state index in [-0.39, 0.29) is 24.4 Å². The number of nitrogens with one attached hydrogen (secondary N) is 1. The summed E-state index contributed by atoms with van der Waals surface area (Å²) in [6.07, 6.45) is -3.29. The number of carbonyl (C=O) groups excluding carboxylic acids is 2. The molecule has 1 aliphatic heterocycles. The molecule has 0 aromatic heterocycles. The van der Waals surface area contributed by atoms with Crippen molar-refractivity contribution in [1.29, 1.82) is 0 Å². The molecular weight excluding hydrogens is 365 g/mol. The Morgan fingerprint density at radius 2 is 2.04 bits per heavy atom. The average molecular weight is 384 g/mol. The maximum atomic E-state index is 13.0. The normalized spacial score (nSPS) is 23.2. The molecule has 1 aliphatic carbocycles. The summed E-state index contributed by atoms with van der Waals surface area (Å²) >= 11 is 0. The summed E-state index contributed by atoms with van der Waals surface area (Å²) < 4.78 is 39.1. The number of hydrogen-bond donors (Lipinski definition) is 2. The lowest BCUT2D eigenvalue weighted by Crippen LogP contribution is -2.39. The van der Waals surface area contributed by atoms with E-state index < -0.39 is 41.5 Å². The largest absolute Gasteiger partial charge is 0.481 e. The highest BCUT2D eigenvalue weighted by Crippen LogP contribution is 2.39. The van der Waals surface area contributed by atoms with Crippen LogP contribution in [0.4, 0.5) is 13.2 Å². The van der Waals surface area contributed by atoms with Gasteiger partial charge < -0.3 is 15.3 Å². The number of carboxylic acid groups (broad SMARTS) is 1. The second-order valence-electron chi connectivity index (χ2n) is 6.91. The number of halogens is 3. The lowest BCUT2D eigenvalue weighted by molar-refractivity contribution is -0.140. The number of hydrogen-bond acceptors (Lipinski definition) is 3. The van der Waals surface area contributed by atoms with Crippen LogP contribution in [0.5, 0.6) is 0 Å². The highest BCUT2D eigenvalue weighted by molar-refractivity contribution is 5.89. The van der Waals surface area contributed by atoms with Gasteiger partial charge in [0.15, 0.2) is 0 Å². The van der Waals surface area contributed by atoms with Crippen LogP contribution >= 0.6 is 0 Å². The van der Waals surface area contributed by atoms with Gasteiger partial charge in [0, 0.05) is 19.5 Å². The quantitative estimate of drug-likeness (QED) is 0.787. The molecule has 2 amide bonds. The van der Waals surface area contributed by atoms with Crippen molar-refractivity contribution in [3.63, 3.8) is 0 Å². The van der Waals surface area contributed by atoms with E-state index >= 15 is 0 Å². The van der Waals surface area contributed by atoms with Gasteiger partial charge in [0.2, 0.25) is 11.8 Å². The predicted octanol–water partition coefficient (Wildman–Crippen LogP) is 2.21.